The molecule has 8 nitrogen and oxygen atoms in total. The predicted octanol–water partition coefficient (Wildman–Crippen LogP) is 4.71. The first-order chi connectivity index (χ1) is 18.3. The van der Waals surface area contributed by atoms with E-state index in [9.17, 15) is 18.8 Å². The van der Waals surface area contributed by atoms with Gasteiger partial charge in [-0.3, -0.25) is 19.3 Å². The number of aromatic nitrogens is 3. The fraction of sp³-hybridized carbons (Fsp3) is 0.276. The van der Waals surface area contributed by atoms with Gasteiger partial charge in [0, 0.05) is 12.1 Å². The van der Waals surface area contributed by atoms with E-state index in [2.05, 4.69) is 15.6 Å². The Morgan fingerprint density at radius 1 is 0.974 bits per heavy atom. The van der Waals surface area contributed by atoms with Gasteiger partial charge in [0.1, 0.15) is 23.9 Å². The first-order valence-corrected chi connectivity index (χ1v) is 12.5. The maximum absolute atomic E-state index is 14.1. The summed E-state index contributed by atoms with van der Waals surface area (Å²) in [6.45, 7) is 5.67. The van der Waals surface area contributed by atoms with Gasteiger partial charge in [0.2, 0.25) is 11.8 Å². The number of halogens is 1. The molecule has 0 saturated heterocycles. The number of Topliss-reactive ketones (excluding diaryl/α,β-unsaturated/α-hetero) is 1. The number of anilines is 1. The van der Waals surface area contributed by atoms with Gasteiger partial charge in [-0.2, -0.15) is 0 Å². The van der Waals surface area contributed by atoms with Crippen LogP contribution in [-0.4, -0.2) is 39.1 Å². The van der Waals surface area contributed by atoms with Crippen molar-refractivity contribution in [3.8, 4) is 0 Å². The number of carbonyl (C=O) groups is 3. The fourth-order valence-corrected chi connectivity index (χ4v) is 4.28. The van der Waals surface area contributed by atoms with Crippen LogP contribution in [0.1, 0.15) is 49.2 Å². The standard InChI is InChI=1S/C29H30FN5O3/c1-19(2)16-17-31-29(38)28(21-12-14-22(30)15-13-21)35(25-10-6-4-8-23(25)20(3)36)27(37)18-34-26-11-7-5-9-24(26)32-33-34/h4-15,19,28H,16-18H2,1-3H3,(H,31,38)/t28-/m0/s1. The summed E-state index contributed by atoms with van der Waals surface area (Å²) < 4.78 is 15.3. The Labute approximate surface area is 220 Å². The quantitative estimate of drug-likeness (QED) is 0.309. The van der Waals surface area contributed by atoms with Crippen molar-refractivity contribution in [1.29, 1.82) is 0 Å². The van der Waals surface area contributed by atoms with Crippen LogP contribution in [0.25, 0.3) is 11.0 Å². The van der Waals surface area contributed by atoms with E-state index >= 15 is 0 Å². The number of nitrogens with one attached hydrogen (secondary N) is 1. The molecule has 38 heavy (non-hydrogen) atoms. The molecule has 196 valence electrons. The van der Waals surface area contributed by atoms with E-state index in [1.807, 2.05) is 26.0 Å². The molecule has 3 aromatic carbocycles. The average Bonchev–Trinajstić information content (AvgIpc) is 3.30. The Morgan fingerprint density at radius 3 is 2.37 bits per heavy atom. The number of hydrogen-bond donors (Lipinski definition) is 1. The molecule has 4 rings (SSSR count). The van der Waals surface area contributed by atoms with E-state index in [1.165, 1.54) is 40.8 Å². The normalized spacial score (nSPS) is 11.9. The van der Waals surface area contributed by atoms with Gasteiger partial charge < -0.3 is 5.32 Å². The van der Waals surface area contributed by atoms with Crippen LogP contribution >= 0.6 is 0 Å². The molecule has 1 atom stereocenters. The van der Waals surface area contributed by atoms with Crippen molar-refractivity contribution in [2.75, 3.05) is 11.4 Å². The number of carbonyl (C=O) groups excluding carboxylic acids is 3. The zero-order chi connectivity index (χ0) is 27.2. The van der Waals surface area contributed by atoms with Crippen LogP contribution in [0.3, 0.4) is 0 Å². The molecule has 0 bridgehead atoms. The molecule has 1 aromatic heterocycles. The van der Waals surface area contributed by atoms with E-state index in [-0.39, 0.29) is 23.6 Å². The van der Waals surface area contributed by atoms with Crippen molar-refractivity contribution in [3.63, 3.8) is 0 Å². The van der Waals surface area contributed by atoms with E-state index in [4.69, 9.17) is 0 Å². The first-order valence-electron chi connectivity index (χ1n) is 12.5. The number of ketones is 1. The lowest BCUT2D eigenvalue weighted by atomic mass is 10.00. The van der Waals surface area contributed by atoms with Crippen LogP contribution in [-0.2, 0) is 16.1 Å². The Hall–Kier alpha value is -4.40. The van der Waals surface area contributed by atoms with Crippen molar-refractivity contribution in [1.82, 2.24) is 20.3 Å². The van der Waals surface area contributed by atoms with Crippen LogP contribution in [0.4, 0.5) is 10.1 Å². The molecule has 2 amide bonds. The number of rotatable bonds is 10. The zero-order valence-corrected chi connectivity index (χ0v) is 21.6. The summed E-state index contributed by atoms with van der Waals surface area (Å²) in [5, 5.41) is 11.2. The fourth-order valence-electron chi connectivity index (χ4n) is 4.28. The highest BCUT2D eigenvalue weighted by atomic mass is 19.1. The molecular weight excluding hydrogens is 485 g/mol. The van der Waals surface area contributed by atoms with Gasteiger partial charge in [-0.15, -0.1) is 5.10 Å². The number of para-hydroxylation sites is 2. The molecule has 0 saturated carbocycles. The van der Waals surface area contributed by atoms with Crippen LogP contribution in [0, 0.1) is 11.7 Å². The molecule has 0 spiro atoms. The van der Waals surface area contributed by atoms with Crippen molar-refractivity contribution in [2.45, 2.75) is 39.8 Å². The summed E-state index contributed by atoms with van der Waals surface area (Å²) in [4.78, 5) is 41.7. The van der Waals surface area contributed by atoms with E-state index in [1.54, 1.807) is 36.4 Å². The summed E-state index contributed by atoms with van der Waals surface area (Å²) in [6, 6.07) is 18.1. The largest absolute Gasteiger partial charge is 0.354 e. The number of hydrogen-bond acceptors (Lipinski definition) is 5. The van der Waals surface area contributed by atoms with Gasteiger partial charge in [0.15, 0.2) is 5.78 Å². The molecule has 0 radical (unpaired) electrons. The van der Waals surface area contributed by atoms with Gasteiger partial charge >= 0.3 is 0 Å². The maximum Gasteiger partial charge on any atom is 0.249 e. The molecular formula is C29H30FN5O3. The third-order valence-electron chi connectivity index (χ3n) is 6.23. The summed E-state index contributed by atoms with van der Waals surface area (Å²) in [6.07, 6.45) is 0.741. The van der Waals surface area contributed by atoms with Gasteiger partial charge in [-0.1, -0.05) is 55.5 Å². The first kappa shape index (κ1) is 26.7. The summed E-state index contributed by atoms with van der Waals surface area (Å²) >= 11 is 0. The average molecular weight is 516 g/mol. The van der Waals surface area contributed by atoms with E-state index < -0.39 is 23.7 Å². The summed E-state index contributed by atoms with van der Waals surface area (Å²) in [7, 11) is 0. The van der Waals surface area contributed by atoms with Crippen LogP contribution < -0.4 is 10.2 Å². The molecule has 1 heterocycles. The minimum Gasteiger partial charge on any atom is -0.354 e. The number of fused-ring (bicyclic) bond motifs is 1. The van der Waals surface area contributed by atoms with Crippen LogP contribution in [0.2, 0.25) is 0 Å². The molecule has 0 fully saturated rings. The Morgan fingerprint density at radius 2 is 1.66 bits per heavy atom. The highest BCUT2D eigenvalue weighted by Crippen LogP contribution is 2.32. The molecule has 1 N–H and O–H groups in total. The minimum absolute atomic E-state index is 0.232. The van der Waals surface area contributed by atoms with Gasteiger partial charge in [-0.25, -0.2) is 9.07 Å². The monoisotopic (exact) mass is 515 g/mol. The highest BCUT2D eigenvalue weighted by molar-refractivity contribution is 6.08. The second-order valence-corrected chi connectivity index (χ2v) is 9.50. The highest BCUT2D eigenvalue weighted by Gasteiger charge is 2.35. The minimum atomic E-state index is -1.16. The SMILES string of the molecule is CC(=O)c1ccccc1N(C(=O)Cn1nnc2ccccc21)[C@H](C(=O)NCCC(C)C)c1ccc(F)cc1. The van der Waals surface area contributed by atoms with Crippen LogP contribution in [0.15, 0.2) is 72.8 Å². The Kier molecular flexibility index (Phi) is 8.25. The van der Waals surface area contributed by atoms with Crippen molar-refractivity contribution < 1.29 is 18.8 Å². The maximum atomic E-state index is 14.1. The second-order valence-electron chi connectivity index (χ2n) is 9.50. The third kappa shape index (κ3) is 5.94. The molecule has 0 aliphatic rings. The topological polar surface area (TPSA) is 97.2 Å². The third-order valence-corrected chi connectivity index (χ3v) is 6.23. The lowest BCUT2D eigenvalue weighted by Gasteiger charge is -2.32. The summed E-state index contributed by atoms with van der Waals surface area (Å²) in [5.74, 6) is -1.29. The number of benzene rings is 3. The van der Waals surface area contributed by atoms with Crippen molar-refractivity contribution in [2.24, 2.45) is 5.92 Å². The number of nitrogens with zero attached hydrogens (tertiary/aromatic N) is 4. The smallest absolute Gasteiger partial charge is 0.249 e. The van der Waals surface area contributed by atoms with Crippen molar-refractivity contribution >= 4 is 34.3 Å². The van der Waals surface area contributed by atoms with Gasteiger partial charge in [0.05, 0.1) is 11.2 Å². The molecule has 9 heteroatoms. The second kappa shape index (κ2) is 11.8. The van der Waals surface area contributed by atoms with E-state index in [0.717, 1.165) is 6.42 Å². The Bertz CT molecular complexity index is 1450. The molecule has 0 aliphatic carbocycles. The zero-order valence-electron chi connectivity index (χ0n) is 21.6. The van der Waals surface area contributed by atoms with Gasteiger partial charge in [-0.05, 0) is 61.2 Å². The van der Waals surface area contributed by atoms with Gasteiger partial charge in [0.25, 0.3) is 0 Å². The predicted molar refractivity (Wildman–Crippen MR) is 143 cm³/mol. The number of amides is 2. The van der Waals surface area contributed by atoms with Crippen LogP contribution in [0.5, 0.6) is 0 Å². The molecule has 4 aromatic rings. The molecule has 0 aliphatic heterocycles. The Balaban J connectivity index is 1.83. The molecule has 0 unspecified atom stereocenters. The lowest BCUT2D eigenvalue weighted by Crippen LogP contribution is -2.46. The lowest BCUT2D eigenvalue weighted by molar-refractivity contribution is -0.127. The van der Waals surface area contributed by atoms with Crippen molar-refractivity contribution in [3.05, 3.63) is 89.7 Å². The van der Waals surface area contributed by atoms with E-state index in [0.29, 0.717) is 29.1 Å². The summed E-state index contributed by atoms with van der Waals surface area (Å²) in [5.41, 5.74) is 2.25.